The van der Waals surface area contributed by atoms with Gasteiger partial charge in [-0.1, -0.05) is 9.40 Å². The number of hydrazine groups is 1. The molecule has 0 aliphatic heterocycles. The molecule has 0 saturated heterocycles. The highest BCUT2D eigenvalue weighted by molar-refractivity contribution is 4.56. The van der Waals surface area contributed by atoms with Crippen molar-refractivity contribution >= 4 is 0 Å². The summed E-state index contributed by atoms with van der Waals surface area (Å²) in [6.07, 6.45) is 0. The van der Waals surface area contributed by atoms with Crippen molar-refractivity contribution in [2.75, 3.05) is 19.9 Å². The average molecular weight is 391 g/mol. The van der Waals surface area contributed by atoms with Crippen LogP contribution in [0.3, 0.4) is 0 Å². The molecular formula is C5H6FN7O13. The minimum atomic E-state index is -4.59. The van der Waals surface area contributed by atoms with Crippen molar-refractivity contribution in [1.29, 1.82) is 0 Å². The summed E-state index contributed by atoms with van der Waals surface area (Å²) in [6.45, 7) is -5.92. The molecule has 0 amide bonds. The van der Waals surface area contributed by atoms with Crippen molar-refractivity contribution in [3.05, 3.63) is 60.7 Å². The molecular weight excluding hydrogens is 385 g/mol. The number of halogens is 1. The lowest BCUT2D eigenvalue weighted by Crippen LogP contribution is -2.58. The third-order valence-corrected chi connectivity index (χ3v) is 2.59. The topological polar surface area (TPSA) is 271 Å². The summed E-state index contributed by atoms with van der Waals surface area (Å²) in [5, 5.41) is 60.7. The summed E-state index contributed by atoms with van der Waals surface area (Å²) in [4.78, 5) is 52.8. The first-order chi connectivity index (χ1) is 11.7. The normalized spacial score (nSPS) is 11.4. The van der Waals surface area contributed by atoms with E-state index in [0.29, 0.717) is 0 Å². The lowest BCUT2D eigenvalue weighted by Gasteiger charge is -2.16. The lowest BCUT2D eigenvalue weighted by atomic mass is 10.4. The van der Waals surface area contributed by atoms with Gasteiger partial charge in [-0.2, -0.15) is 0 Å². The Morgan fingerprint density at radius 2 is 1.15 bits per heavy atom. The van der Waals surface area contributed by atoms with Gasteiger partial charge >= 0.3 is 11.7 Å². The van der Waals surface area contributed by atoms with E-state index in [1.165, 1.54) is 0 Å². The maximum atomic E-state index is 13.6. The molecule has 0 radical (unpaired) electrons. The van der Waals surface area contributed by atoms with Crippen molar-refractivity contribution in [1.82, 2.24) is 5.01 Å². The monoisotopic (exact) mass is 391 g/mol. The third-order valence-electron chi connectivity index (χ3n) is 2.59. The molecule has 0 saturated carbocycles. The molecule has 146 valence electrons. The molecule has 21 heteroatoms. The van der Waals surface area contributed by atoms with Crippen LogP contribution in [0, 0.1) is 60.7 Å². The van der Waals surface area contributed by atoms with Crippen LogP contribution in [0.15, 0.2) is 0 Å². The van der Waals surface area contributed by atoms with Gasteiger partial charge in [-0.15, -0.1) is 0 Å². The SMILES string of the molecule is O=[N+]([O-])N(COCC([N+](=O)[O-])([N+](=O)[O-])[N+](=O)[O-])CC(F)([N+](=O)[O-])[N+](=O)[O-]. The van der Waals surface area contributed by atoms with E-state index in [-0.39, 0.29) is 0 Å². The van der Waals surface area contributed by atoms with Crippen LogP contribution in [0.4, 0.5) is 4.39 Å². The summed E-state index contributed by atoms with van der Waals surface area (Å²) >= 11 is 0. The van der Waals surface area contributed by atoms with Crippen molar-refractivity contribution in [2.45, 2.75) is 11.7 Å². The number of rotatable bonds is 12. The molecule has 0 rings (SSSR count). The second kappa shape index (κ2) is 7.77. The molecule has 26 heavy (non-hydrogen) atoms. The zero-order valence-electron chi connectivity index (χ0n) is 11.9. The fourth-order valence-corrected chi connectivity index (χ4v) is 1.21. The molecule has 0 aromatic carbocycles. The standard InChI is InChI=1S/C5H6FN7O13/c6-4(8(14)15,9(16)17)1-7(13(24)25)3-26-2-5(10(18)19,11(20)21)12(22)23/h1-3H2. The Kier molecular flexibility index (Phi) is 6.60. The first-order valence-electron chi connectivity index (χ1n) is 5.61. The van der Waals surface area contributed by atoms with E-state index in [1.54, 1.807) is 0 Å². The van der Waals surface area contributed by atoms with Crippen molar-refractivity contribution in [3.63, 3.8) is 0 Å². The highest BCUT2D eigenvalue weighted by Gasteiger charge is 2.71. The second-order valence-electron chi connectivity index (χ2n) is 4.16. The maximum absolute atomic E-state index is 13.6. The molecule has 0 unspecified atom stereocenters. The zero-order valence-corrected chi connectivity index (χ0v) is 11.9. The number of hydrogen-bond donors (Lipinski definition) is 0. The summed E-state index contributed by atoms with van der Waals surface area (Å²) in [6, 6.07) is 0. The molecule has 20 nitrogen and oxygen atoms in total. The van der Waals surface area contributed by atoms with Crippen LogP contribution in [0.5, 0.6) is 0 Å². The van der Waals surface area contributed by atoms with Gasteiger partial charge in [0.2, 0.25) is 0 Å². The van der Waals surface area contributed by atoms with Gasteiger partial charge in [-0.3, -0.25) is 50.6 Å². The van der Waals surface area contributed by atoms with Crippen LogP contribution in [-0.2, 0) is 4.74 Å². The minimum Gasteiger partial charge on any atom is -0.333 e. The Bertz CT molecular complexity index is 601. The Hall–Kier alpha value is -3.91. The number of nitrogens with zero attached hydrogens (tertiary/aromatic N) is 7. The summed E-state index contributed by atoms with van der Waals surface area (Å²) < 4.78 is 17.6. The minimum absolute atomic E-state index is 0.670. The number of nitro groups is 6. The smallest absolute Gasteiger partial charge is 0.333 e. The van der Waals surface area contributed by atoms with Gasteiger partial charge in [0, 0.05) is 0 Å². The Morgan fingerprint density at radius 1 is 0.769 bits per heavy atom. The predicted octanol–water partition coefficient (Wildman–Crippen LogP) is -1.89. The fourth-order valence-electron chi connectivity index (χ4n) is 1.21. The first kappa shape index (κ1) is 22.1. The van der Waals surface area contributed by atoms with E-state index < -0.39 is 66.2 Å². The van der Waals surface area contributed by atoms with Gasteiger partial charge in [0.1, 0.15) is 9.85 Å². The van der Waals surface area contributed by atoms with Crippen LogP contribution >= 0.6 is 0 Å². The van der Waals surface area contributed by atoms with Gasteiger partial charge in [-0.05, 0) is 0 Å². The predicted molar refractivity (Wildman–Crippen MR) is 66.1 cm³/mol. The number of ether oxygens (including phenoxy) is 1. The van der Waals surface area contributed by atoms with E-state index in [2.05, 4.69) is 4.74 Å². The van der Waals surface area contributed by atoms with E-state index in [0.717, 1.165) is 0 Å². The molecule has 0 bridgehead atoms. The fraction of sp³-hybridized carbons (Fsp3) is 1.00. The average Bonchev–Trinajstić information content (AvgIpc) is 2.48. The zero-order chi connectivity index (χ0) is 20.9. The molecule has 0 aliphatic rings. The number of hydrogen-bond acceptors (Lipinski definition) is 13. The van der Waals surface area contributed by atoms with E-state index >= 15 is 0 Å². The summed E-state index contributed by atoms with van der Waals surface area (Å²) in [7, 11) is 0. The van der Waals surface area contributed by atoms with Crippen molar-refractivity contribution < 1.29 is 38.8 Å². The van der Waals surface area contributed by atoms with Crippen LogP contribution in [0.25, 0.3) is 0 Å². The Morgan fingerprint density at radius 3 is 1.42 bits per heavy atom. The van der Waals surface area contributed by atoms with E-state index in [4.69, 9.17) is 0 Å². The third kappa shape index (κ3) is 4.13. The molecule has 0 aromatic heterocycles. The summed E-state index contributed by atoms with van der Waals surface area (Å²) in [5.74, 6) is -8.77. The van der Waals surface area contributed by atoms with Gasteiger partial charge < -0.3 is 4.74 Å². The highest BCUT2D eigenvalue weighted by Crippen LogP contribution is 2.17. The number of alkyl halides is 1. The van der Waals surface area contributed by atoms with Gasteiger partial charge in [0.05, 0.1) is 0 Å². The largest absolute Gasteiger partial charge is 0.723 e. The molecule has 0 aromatic rings. The quantitative estimate of drug-likeness (QED) is 0.152. The second-order valence-corrected chi connectivity index (χ2v) is 4.16. The van der Waals surface area contributed by atoms with Gasteiger partial charge in [0.25, 0.3) is 13.2 Å². The van der Waals surface area contributed by atoms with Crippen LogP contribution in [0.1, 0.15) is 0 Å². The molecule has 0 N–H and O–H groups in total. The maximum Gasteiger partial charge on any atom is 0.723 e. The molecule has 0 spiro atoms. The van der Waals surface area contributed by atoms with Crippen LogP contribution < -0.4 is 0 Å². The van der Waals surface area contributed by atoms with Crippen LogP contribution in [0.2, 0.25) is 0 Å². The summed E-state index contributed by atoms with van der Waals surface area (Å²) in [5.41, 5.74) is 0. The van der Waals surface area contributed by atoms with Crippen LogP contribution in [-0.4, -0.2) is 66.2 Å². The van der Waals surface area contributed by atoms with Crippen molar-refractivity contribution in [3.8, 4) is 0 Å². The van der Waals surface area contributed by atoms with Crippen molar-refractivity contribution in [2.24, 2.45) is 0 Å². The lowest BCUT2D eigenvalue weighted by molar-refractivity contribution is -0.970. The molecule has 0 fully saturated rings. The molecule has 0 aliphatic carbocycles. The first-order valence-corrected chi connectivity index (χ1v) is 5.61. The van der Waals surface area contributed by atoms with E-state index in [9.17, 15) is 65.1 Å². The molecule has 0 atom stereocenters. The van der Waals surface area contributed by atoms with Gasteiger partial charge in [0.15, 0.2) is 26.5 Å². The molecule has 0 heterocycles. The highest BCUT2D eigenvalue weighted by atomic mass is 19.2. The van der Waals surface area contributed by atoms with E-state index in [1.807, 2.05) is 0 Å². The Labute approximate surface area is 137 Å². The van der Waals surface area contributed by atoms with Gasteiger partial charge in [-0.25, -0.2) is 10.1 Å². The Balaban J connectivity index is 5.39.